The first-order valence-electron chi connectivity index (χ1n) is 7.93. The van der Waals surface area contributed by atoms with Gasteiger partial charge in [-0.25, -0.2) is 9.97 Å². The molecule has 8 nitrogen and oxygen atoms in total. The lowest BCUT2D eigenvalue weighted by Crippen LogP contribution is -2.39. The highest BCUT2D eigenvalue weighted by Crippen LogP contribution is 2.18. The van der Waals surface area contributed by atoms with Gasteiger partial charge >= 0.3 is 0 Å². The van der Waals surface area contributed by atoms with Gasteiger partial charge in [0, 0.05) is 52.9 Å². The van der Waals surface area contributed by atoms with Crippen LogP contribution in [0, 0.1) is 0 Å². The van der Waals surface area contributed by atoms with Gasteiger partial charge in [0.2, 0.25) is 0 Å². The summed E-state index contributed by atoms with van der Waals surface area (Å²) in [6.45, 7) is 3.04. The van der Waals surface area contributed by atoms with Gasteiger partial charge in [0.1, 0.15) is 18.0 Å². The summed E-state index contributed by atoms with van der Waals surface area (Å²) in [4.78, 5) is 13.0. The van der Waals surface area contributed by atoms with Crippen LogP contribution in [0.4, 0.5) is 11.6 Å². The van der Waals surface area contributed by atoms with Crippen LogP contribution in [0.25, 0.3) is 0 Å². The first-order chi connectivity index (χ1) is 11.1. The number of piperidine rings is 1. The Morgan fingerprint density at radius 3 is 2.70 bits per heavy atom. The fraction of sp³-hybridized carbons (Fsp3) is 0.600. The SMILES string of the molecule is CN(C)c1cc(NC2CCN(Cc3cnnn3C)CC2)ncn1. The number of hydrogen-bond donors (Lipinski definition) is 1. The van der Waals surface area contributed by atoms with Gasteiger partial charge in [-0.2, -0.15) is 0 Å². The highest BCUT2D eigenvalue weighted by molar-refractivity contribution is 5.47. The number of aryl methyl sites for hydroxylation is 1. The molecular weight excluding hydrogens is 292 g/mol. The van der Waals surface area contributed by atoms with Crippen LogP contribution in [0.1, 0.15) is 18.5 Å². The second-order valence-corrected chi connectivity index (χ2v) is 6.20. The lowest BCUT2D eigenvalue weighted by Gasteiger charge is -2.32. The van der Waals surface area contributed by atoms with E-state index in [9.17, 15) is 0 Å². The minimum absolute atomic E-state index is 0.459. The highest BCUT2D eigenvalue weighted by Gasteiger charge is 2.20. The zero-order valence-electron chi connectivity index (χ0n) is 14.0. The number of hydrogen-bond acceptors (Lipinski definition) is 7. The molecule has 8 heteroatoms. The van der Waals surface area contributed by atoms with Crippen molar-refractivity contribution in [2.75, 3.05) is 37.4 Å². The molecule has 1 N–H and O–H groups in total. The van der Waals surface area contributed by atoms with Gasteiger partial charge in [-0.05, 0) is 12.8 Å². The molecule has 0 radical (unpaired) electrons. The molecule has 0 amide bonds. The largest absolute Gasteiger partial charge is 0.367 e. The monoisotopic (exact) mass is 316 g/mol. The summed E-state index contributed by atoms with van der Waals surface area (Å²) in [5.41, 5.74) is 1.16. The third kappa shape index (κ3) is 3.95. The molecular formula is C15H24N8. The lowest BCUT2D eigenvalue weighted by molar-refractivity contribution is 0.206. The minimum atomic E-state index is 0.459. The van der Waals surface area contributed by atoms with Crippen molar-refractivity contribution in [2.24, 2.45) is 7.05 Å². The van der Waals surface area contributed by atoms with Gasteiger partial charge in [0.05, 0.1) is 11.9 Å². The maximum Gasteiger partial charge on any atom is 0.133 e. The molecule has 1 saturated heterocycles. The Labute approximate surface area is 136 Å². The molecule has 2 aromatic heterocycles. The third-order valence-electron chi connectivity index (χ3n) is 4.24. The van der Waals surface area contributed by atoms with Crippen LogP contribution in [0.2, 0.25) is 0 Å². The van der Waals surface area contributed by atoms with Crippen molar-refractivity contribution in [3.63, 3.8) is 0 Å². The van der Waals surface area contributed by atoms with Crippen molar-refractivity contribution in [2.45, 2.75) is 25.4 Å². The number of likely N-dealkylation sites (tertiary alicyclic amines) is 1. The second-order valence-electron chi connectivity index (χ2n) is 6.20. The Morgan fingerprint density at radius 2 is 2.04 bits per heavy atom. The molecule has 0 aliphatic carbocycles. The summed E-state index contributed by atoms with van der Waals surface area (Å²) in [6, 6.07) is 2.45. The maximum absolute atomic E-state index is 4.32. The Morgan fingerprint density at radius 1 is 1.26 bits per heavy atom. The van der Waals surface area contributed by atoms with Crippen molar-refractivity contribution in [1.29, 1.82) is 0 Å². The lowest BCUT2D eigenvalue weighted by atomic mass is 10.0. The summed E-state index contributed by atoms with van der Waals surface area (Å²) in [5, 5.41) is 11.5. The summed E-state index contributed by atoms with van der Waals surface area (Å²) >= 11 is 0. The summed E-state index contributed by atoms with van der Waals surface area (Å²) in [5.74, 6) is 1.82. The van der Waals surface area contributed by atoms with Crippen LogP contribution < -0.4 is 10.2 Å². The molecule has 0 aromatic carbocycles. The maximum atomic E-state index is 4.32. The van der Waals surface area contributed by atoms with Crippen molar-refractivity contribution in [3.8, 4) is 0 Å². The Bertz CT molecular complexity index is 630. The van der Waals surface area contributed by atoms with E-state index in [2.05, 4.69) is 30.5 Å². The van der Waals surface area contributed by atoms with Crippen molar-refractivity contribution >= 4 is 11.6 Å². The third-order valence-corrected chi connectivity index (χ3v) is 4.24. The van der Waals surface area contributed by atoms with Gasteiger partial charge < -0.3 is 10.2 Å². The van der Waals surface area contributed by atoms with E-state index in [0.717, 1.165) is 49.8 Å². The van der Waals surface area contributed by atoms with Gasteiger partial charge in [0.15, 0.2) is 0 Å². The molecule has 0 spiro atoms. The summed E-state index contributed by atoms with van der Waals surface area (Å²) < 4.78 is 1.84. The average Bonchev–Trinajstić information content (AvgIpc) is 2.95. The fourth-order valence-electron chi connectivity index (χ4n) is 2.80. The van der Waals surface area contributed by atoms with E-state index in [1.54, 1.807) is 6.33 Å². The summed E-state index contributed by atoms with van der Waals surface area (Å²) in [6.07, 6.45) is 5.66. The molecule has 1 aliphatic heterocycles. The Hall–Kier alpha value is -2.22. The molecule has 2 aromatic rings. The summed E-state index contributed by atoms with van der Waals surface area (Å²) in [7, 11) is 5.91. The Balaban J connectivity index is 1.51. The van der Waals surface area contributed by atoms with E-state index >= 15 is 0 Å². The molecule has 1 aliphatic rings. The predicted molar refractivity (Wildman–Crippen MR) is 89.3 cm³/mol. The quantitative estimate of drug-likeness (QED) is 0.872. The predicted octanol–water partition coefficient (Wildman–Crippen LogP) is 0.748. The smallest absolute Gasteiger partial charge is 0.133 e. The zero-order valence-corrected chi connectivity index (χ0v) is 14.0. The second kappa shape index (κ2) is 6.91. The molecule has 0 atom stereocenters. The van der Waals surface area contributed by atoms with Crippen LogP contribution in [0.3, 0.4) is 0 Å². The molecule has 0 bridgehead atoms. The number of rotatable bonds is 5. The molecule has 3 heterocycles. The van der Waals surface area contributed by atoms with Crippen LogP contribution in [-0.4, -0.2) is 63.1 Å². The van der Waals surface area contributed by atoms with Gasteiger partial charge in [-0.1, -0.05) is 5.21 Å². The van der Waals surface area contributed by atoms with Gasteiger partial charge in [-0.3, -0.25) is 9.58 Å². The van der Waals surface area contributed by atoms with Crippen LogP contribution >= 0.6 is 0 Å². The van der Waals surface area contributed by atoms with Gasteiger partial charge in [0.25, 0.3) is 0 Å². The van der Waals surface area contributed by atoms with E-state index in [1.807, 2.05) is 43.0 Å². The molecule has 1 fully saturated rings. The van der Waals surface area contributed by atoms with E-state index in [4.69, 9.17) is 0 Å². The number of anilines is 2. The standard InChI is InChI=1S/C15H24N8/c1-21(2)15-8-14(16-11-17-15)19-12-4-6-23(7-5-12)10-13-9-18-20-22(13)3/h8-9,11-12H,4-7,10H2,1-3H3,(H,16,17,19). The van der Waals surface area contributed by atoms with E-state index in [1.165, 1.54) is 0 Å². The van der Waals surface area contributed by atoms with Crippen LogP contribution in [0.15, 0.2) is 18.6 Å². The van der Waals surface area contributed by atoms with Gasteiger partial charge in [-0.15, -0.1) is 5.10 Å². The van der Waals surface area contributed by atoms with E-state index < -0.39 is 0 Å². The fourth-order valence-corrected chi connectivity index (χ4v) is 2.80. The molecule has 0 unspecified atom stereocenters. The molecule has 124 valence electrons. The topological polar surface area (TPSA) is 75.0 Å². The number of nitrogens with one attached hydrogen (secondary N) is 1. The molecule has 23 heavy (non-hydrogen) atoms. The first kappa shape index (κ1) is 15.7. The van der Waals surface area contributed by atoms with Crippen molar-refractivity contribution in [3.05, 3.63) is 24.3 Å². The normalized spacial score (nSPS) is 16.5. The highest BCUT2D eigenvalue weighted by atomic mass is 15.4. The average molecular weight is 316 g/mol. The molecule has 3 rings (SSSR count). The number of aromatic nitrogens is 5. The number of nitrogens with zero attached hydrogens (tertiary/aromatic N) is 7. The zero-order chi connectivity index (χ0) is 16.2. The van der Waals surface area contributed by atoms with E-state index in [-0.39, 0.29) is 0 Å². The van der Waals surface area contributed by atoms with Crippen LogP contribution in [-0.2, 0) is 13.6 Å². The van der Waals surface area contributed by atoms with Crippen LogP contribution in [0.5, 0.6) is 0 Å². The first-order valence-corrected chi connectivity index (χ1v) is 7.93. The van der Waals surface area contributed by atoms with Crippen molar-refractivity contribution < 1.29 is 0 Å². The minimum Gasteiger partial charge on any atom is -0.367 e. The van der Waals surface area contributed by atoms with E-state index in [0.29, 0.717) is 6.04 Å². The molecule has 0 saturated carbocycles. The Kier molecular flexibility index (Phi) is 4.71. The van der Waals surface area contributed by atoms with Crippen molar-refractivity contribution in [1.82, 2.24) is 29.9 Å².